The predicted molar refractivity (Wildman–Crippen MR) is 373 cm³/mol. The van der Waals surface area contributed by atoms with E-state index in [0.29, 0.717) is 39.0 Å². The summed E-state index contributed by atoms with van der Waals surface area (Å²) in [6.45, 7) is 1.73. The third-order valence-corrected chi connectivity index (χ3v) is 16.9. The van der Waals surface area contributed by atoms with Crippen molar-refractivity contribution in [3.05, 3.63) is 0 Å². The quantitative estimate of drug-likeness (QED) is 0.0199. The number of nitrogens with one attached hydrogen (secondary N) is 4. The number of hydrogen-bond acceptors (Lipinski definition) is 34. The Labute approximate surface area is 625 Å². The molecule has 2 rings (SSSR count). The van der Waals surface area contributed by atoms with E-state index in [0.717, 1.165) is 44.9 Å². The fourth-order valence-corrected chi connectivity index (χ4v) is 10.8. The number of hydrogen-bond donors (Lipinski definition) is 19. The first-order chi connectivity index (χ1) is 51.5. The van der Waals surface area contributed by atoms with Crippen LogP contribution in [0, 0.1) is 0 Å². The monoisotopic (exact) mass is 1560 g/mol. The number of amides is 5. The summed E-state index contributed by atoms with van der Waals surface area (Å²) in [4.78, 5) is 67.4. The minimum atomic E-state index is -1.83. The second-order valence-electron chi connectivity index (χ2n) is 25.8. The van der Waals surface area contributed by atoms with Crippen molar-refractivity contribution in [3.8, 4) is 0 Å². The van der Waals surface area contributed by atoms with Crippen LogP contribution < -0.4 is 21.3 Å². The van der Waals surface area contributed by atoms with Crippen molar-refractivity contribution in [2.75, 3.05) is 198 Å². The summed E-state index contributed by atoms with van der Waals surface area (Å²) in [5, 5.41) is 158. The number of carbonyl (C=O) groups excluding carboxylic acids is 5. The molecule has 630 valence electrons. The van der Waals surface area contributed by atoms with Gasteiger partial charge in [0, 0.05) is 78.1 Å². The molecule has 0 bridgehead atoms. The van der Waals surface area contributed by atoms with Crippen LogP contribution in [0.3, 0.4) is 0 Å². The molecule has 2 aliphatic heterocycles. The second kappa shape index (κ2) is 62.7. The van der Waals surface area contributed by atoms with E-state index in [1.54, 1.807) is 4.90 Å². The molecule has 0 aliphatic carbocycles. The topological polar surface area (TPSA) is 569 Å². The maximum Gasteiger partial charge on any atom is 0.222 e. The number of ether oxygens (including phenoxy) is 14. The van der Waals surface area contributed by atoms with Crippen molar-refractivity contribution >= 4 is 29.5 Å². The molecule has 0 radical (unpaired) electrons. The summed E-state index contributed by atoms with van der Waals surface area (Å²) in [5.41, 5.74) is -1.41. The Bertz CT molecular complexity index is 2160. The normalized spacial score (nSPS) is 21.1. The Balaban J connectivity index is 2.00. The molecule has 0 saturated carbocycles. The van der Waals surface area contributed by atoms with E-state index in [9.17, 15) is 90.4 Å². The third kappa shape index (κ3) is 46.1. The van der Waals surface area contributed by atoms with Crippen molar-refractivity contribution in [2.45, 2.75) is 207 Å². The Kier molecular flexibility index (Phi) is 58.2. The lowest BCUT2D eigenvalue weighted by Gasteiger charge is -2.39. The van der Waals surface area contributed by atoms with E-state index in [4.69, 9.17) is 76.5 Å². The van der Waals surface area contributed by atoms with Crippen LogP contribution in [-0.2, 0) is 90.3 Å². The molecule has 0 aromatic heterocycles. The number of carbonyl (C=O) groups is 5. The minimum Gasteiger partial charge on any atom is -0.396 e. The molecule has 19 N–H and O–H groups in total. The van der Waals surface area contributed by atoms with Crippen molar-refractivity contribution in [1.82, 2.24) is 26.2 Å². The minimum absolute atomic E-state index is 0.0181. The van der Waals surface area contributed by atoms with E-state index in [1.807, 2.05) is 6.92 Å². The fraction of sp³-hybridized carbons (Fsp3) is 0.926. The molecule has 0 aromatic carbocycles. The van der Waals surface area contributed by atoms with E-state index in [1.165, 1.54) is 0 Å². The van der Waals surface area contributed by atoms with Crippen LogP contribution in [0.25, 0.3) is 0 Å². The van der Waals surface area contributed by atoms with Crippen LogP contribution in [0.15, 0.2) is 0 Å². The Hall–Kier alpha value is -3.81. The Morgan fingerprint density at radius 1 is 0.449 bits per heavy atom. The van der Waals surface area contributed by atoms with Gasteiger partial charge in [0.25, 0.3) is 0 Å². The maximum absolute atomic E-state index is 13.9. The first kappa shape index (κ1) is 99.3. The van der Waals surface area contributed by atoms with Crippen LogP contribution in [0.1, 0.15) is 110 Å². The van der Waals surface area contributed by atoms with Gasteiger partial charge in [-0.05, 0) is 39.0 Å². The molecule has 39 nitrogen and oxygen atoms in total. The fourth-order valence-electron chi connectivity index (χ4n) is 10.8. The van der Waals surface area contributed by atoms with Gasteiger partial charge in [-0.3, -0.25) is 24.0 Å². The standard InChI is InChI=1S/C68H129N5O34/c1-2-94-44-48-41-49(77)42-73(48)57(84)12-10-8-6-4-3-5-7-9-11-56(83)72-68(45-101-23-15-53(80)69-18-26-95-29-32-98-35-38-104-65(92)62(89)58(85)50(78)13-21-74,46-102-24-16-54(81)70-19-27-96-30-33-99-36-39-105-66(93)63(90)59(86)51(79)14-22-75)47-103-25-17-55(82)71-20-28-97-31-34-100-37-40-106-67-64(91)61(88)60(87)52(43-76)107-67/h48-52,58-67,74-79,85-93H,2-47H2,1H3,(H,69,80)(H,70,81)(H,71,82)(H,72,83)/t48-,49+,50+,51+,52?,58?,59?,60+,61?,62+,63+,64+,65+,66+,67-,68?/m0/s1. The molecule has 15 atom stereocenters. The van der Waals surface area contributed by atoms with Crippen molar-refractivity contribution in [2.24, 2.45) is 0 Å². The van der Waals surface area contributed by atoms with Gasteiger partial charge in [-0.1, -0.05) is 38.5 Å². The summed E-state index contributed by atoms with van der Waals surface area (Å²) < 4.78 is 77.3. The average Bonchev–Trinajstić information content (AvgIpc) is 1.39. The smallest absolute Gasteiger partial charge is 0.222 e. The highest BCUT2D eigenvalue weighted by molar-refractivity contribution is 5.78. The summed E-state index contributed by atoms with van der Waals surface area (Å²) in [6.07, 6.45) is -14.6. The molecule has 4 unspecified atom stereocenters. The highest BCUT2D eigenvalue weighted by Crippen LogP contribution is 2.24. The number of aliphatic hydroxyl groups excluding tert-OH is 15. The van der Waals surface area contributed by atoms with Gasteiger partial charge in [-0.2, -0.15) is 0 Å². The van der Waals surface area contributed by atoms with Gasteiger partial charge in [-0.25, -0.2) is 0 Å². The molecular weight excluding hydrogens is 1430 g/mol. The van der Waals surface area contributed by atoms with Crippen LogP contribution in [0.2, 0.25) is 0 Å². The van der Waals surface area contributed by atoms with Crippen LogP contribution in [-0.4, -0.2) is 407 Å². The maximum atomic E-state index is 13.9. The number of nitrogens with zero attached hydrogens (tertiary/aromatic N) is 1. The molecular formula is C68H129N5O34. The zero-order valence-corrected chi connectivity index (χ0v) is 62.1. The molecule has 2 heterocycles. The first-order valence-electron chi connectivity index (χ1n) is 37.2. The van der Waals surface area contributed by atoms with Crippen LogP contribution in [0.5, 0.6) is 0 Å². The lowest BCUT2D eigenvalue weighted by atomic mass is 9.99. The summed E-state index contributed by atoms with van der Waals surface area (Å²) in [5.74, 6) is -1.49. The van der Waals surface area contributed by atoms with E-state index >= 15 is 0 Å². The largest absolute Gasteiger partial charge is 0.396 e. The molecule has 39 heteroatoms. The van der Waals surface area contributed by atoms with Crippen molar-refractivity contribution < 1.29 is 167 Å². The number of rotatable bonds is 71. The van der Waals surface area contributed by atoms with Gasteiger partial charge in [0.15, 0.2) is 18.9 Å². The molecule has 107 heavy (non-hydrogen) atoms. The van der Waals surface area contributed by atoms with Crippen LogP contribution in [0.4, 0.5) is 0 Å². The summed E-state index contributed by atoms with van der Waals surface area (Å²) >= 11 is 0. The van der Waals surface area contributed by atoms with Gasteiger partial charge in [0.05, 0.1) is 176 Å². The van der Waals surface area contributed by atoms with E-state index in [-0.39, 0.29) is 232 Å². The molecule has 0 aromatic rings. The Morgan fingerprint density at radius 3 is 1.27 bits per heavy atom. The number of unbranched alkanes of at least 4 members (excludes halogenated alkanes) is 7. The average molecular weight is 1560 g/mol. The summed E-state index contributed by atoms with van der Waals surface area (Å²) in [7, 11) is 0. The zero-order chi connectivity index (χ0) is 78.9. The molecule has 2 saturated heterocycles. The van der Waals surface area contributed by atoms with Gasteiger partial charge in [-0.15, -0.1) is 0 Å². The Morgan fingerprint density at radius 2 is 0.850 bits per heavy atom. The number of β-amino-alcohol motifs (C(OH)–C–C–N with tert-alkyl or cyclic N) is 1. The zero-order valence-electron chi connectivity index (χ0n) is 62.1. The van der Waals surface area contributed by atoms with Crippen molar-refractivity contribution in [1.29, 1.82) is 0 Å². The van der Waals surface area contributed by atoms with E-state index in [2.05, 4.69) is 21.3 Å². The molecule has 2 fully saturated rings. The third-order valence-electron chi connectivity index (χ3n) is 16.9. The number of aliphatic hydroxyl groups is 15. The SMILES string of the molecule is CCOC[C@@H]1C[C@@H](O)CN1C(=O)CCCCCCCCCCC(=O)NC(COCCC(=O)NCCOCCOCCO[C@H]1OC(CO)[C@@H](O)C(O)[C@H]1O)(COCCC(=O)NCCOCCOCCO[C@@H](O)[C@H](O)C(O)[C@H](O)CCO)COCCC(=O)NCCOCCOCCO[C@@H](O)[C@H](O)C(O)[C@H](O)CCO. The lowest BCUT2D eigenvalue weighted by Crippen LogP contribution is -2.59. The highest BCUT2D eigenvalue weighted by atomic mass is 16.7. The van der Waals surface area contributed by atoms with Gasteiger partial charge >= 0.3 is 0 Å². The first-order valence-corrected chi connectivity index (χ1v) is 37.2. The van der Waals surface area contributed by atoms with Crippen molar-refractivity contribution in [3.63, 3.8) is 0 Å². The van der Waals surface area contributed by atoms with Gasteiger partial charge < -0.3 is 169 Å². The van der Waals surface area contributed by atoms with E-state index < -0.39 is 111 Å². The number of likely N-dealkylation sites (tertiary alicyclic amines) is 1. The molecule has 5 amide bonds. The molecule has 2 aliphatic rings. The predicted octanol–water partition coefficient (Wildman–Crippen LogP) is -7.17. The summed E-state index contributed by atoms with van der Waals surface area (Å²) in [6, 6.07) is -0.117. The highest BCUT2D eigenvalue weighted by Gasteiger charge is 2.44. The molecule has 0 spiro atoms. The van der Waals surface area contributed by atoms with Gasteiger partial charge in [0.2, 0.25) is 29.5 Å². The van der Waals surface area contributed by atoms with Crippen LogP contribution >= 0.6 is 0 Å². The second-order valence-corrected chi connectivity index (χ2v) is 25.8. The lowest BCUT2D eigenvalue weighted by molar-refractivity contribution is -0.302. The van der Waals surface area contributed by atoms with Gasteiger partial charge in [0.1, 0.15) is 54.4 Å².